The van der Waals surface area contributed by atoms with Crippen LogP contribution in [0.5, 0.6) is 0 Å². The third kappa shape index (κ3) is 2.44. The minimum atomic E-state index is -0.0431. The summed E-state index contributed by atoms with van der Waals surface area (Å²) in [5, 5.41) is 12.2. The molecule has 0 amide bonds. The molecule has 92 valence electrons. The van der Waals surface area contributed by atoms with E-state index in [-0.39, 0.29) is 6.10 Å². The van der Waals surface area contributed by atoms with Gasteiger partial charge in [0.2, 0.25) is 0 Å². The third-order valence-corrected chi connectivity index (χ3v) is 3.06. The Morgan fingerprint density at radius 3 is 3.06 bits per heavy atom. The maximum absolute atomic E-state index is 6.08. The summed E-state index contributed by atoms with van der Waals surface area (Å²) in [4.78, 5) is 0. The fourth-order valence-corrected chi connectivity index (χ4v) is 2.06. The summed E-state index contributed by atoms with van der Waals surface area (Å²) in [6.45, 7) is 3.72. The number of benzene rings is 1. The molecule has 5 heteroatoms. The molecule has 0 aliphatic carbocycles. The molecule has 1 unspecified atom stereocenters. The van der Waals surface area contributed by atoms with Gasteiger partial charge in [-0.25, -0.2) is 0 Å². The zero-order valence-electron chi connectivity index (χ0n) is 9.96. The largest absolute Gasteiger partial charge is 0.374 e. The van der Waals surface area contributed by atoms with E-state index in [0.29, 0.717) is 5.02 Å². The maximum Gasteiger partial charge on any atom is 0.111 e. The lowest BCUT2D eigenvalue weighted by atomic mass is 10.1. The number of hydrogen-bond donors (Lipinski definition) is 2. The number of halogens is 1. The first-order chi connectivity index (χ1) is 8.27. The SMILES string of the molecule is CCNCC(OC)c1[nH]nc2c(Cl)cccc12. The lowest BCUT2D eigenvalue weighted by Crippen LogP contribution is -2.22. The fourth-order valence-electron chi connectivity index (χ4n) is 1.85. The van der Waals surface area contributed by atoms with Crippen molar-refractivity contribution in [1.82, 2.24) is 15.5 Å². The van der Waals surface area contributed by atoms with E-state index in [9.17, 15) is 0 Å². The Labute approximate surface area is 105 Å². The Morgan fingerprint density at radius 2 is 2.35 bits per heavy atom. The number of methoxy groups -OCH3 is 1. The molecule has 0 spiro atoms. The van der Waals surface area contributed by atoms with Crippen LogP contribution in [0.1, 0.15) is 18.7 Å². The Balaban J connectivity index is 2.37. The average molecular weight is 254 g/mol. The van der Waals surface area contributed by atoms with Crippen molar-refractivity contribution in [2.45, 2.75) is 13.0 Å². The van der Waals surface area contributed by atoms with Crippen molar-refractivity contribution in [2.75, 3.05) is 20.2 Å². The zero-order valence-corrected chi connectivity index (χ0v) is 10.7. The highest BCUT2D eigenvalue weighted by Crippen LogP contribution is 2.27. The van der Waals surface area contributed by atoms with Gasteiger partial charge in [0.25, 0.3) is 0 Å². The van der Waals surface area contributed by atoms with Crippen LogP contribution in [0.4, 0.5) is 0 Å². The molecule has 0 aliphatic heterocycles. The van der Waals surface area contributed by atoms with Crippen LogP contribution in [0.2, 0.25) is 5.02 Å². The summed E-state index contributed by atoms with van der Waals surface area (Å²) in [5.41, 5.74) is 1.76. The Kier molecular flexibility index (Phi) is 3.99. The van der Waals surface area contributed by atoms with Crippen LogP contribution in [0.25, 0.3) is 10.9 Å². The van der Waals surface area contributed by atoms with E-state index >= 15 is 0 Å². The molecule has 2 aromatic rings. The number of likely N-dealkylation sites (N-methyl/N-ethyl adjacent to an activating group) is 1. The first kappa shape index (κ1) is 12.4. The van der Waals surface area contributed by atoms with Gasteiger partial charge < -0.3 is 10.1 Å². The van der Waals surface area contributed by atoms with Gasteiger partial charge in [0.1, 0.15) is 11.6 Å². The second kappa shape index (κ2) is 5.49. The monoisotopic (exact) mass is 253 g/mol. The Morgan fingerprint density at radius 1 is 1.53 bits per heavy atom. The normalized spacial score (nSPS) is 13.1. The first-order valence-corrected chi connectivity index (χ1v) is 6.01. The topological polar surface area (TPSA) is 49.9 Å². The molecule has 4 nitrogen and oxygen atoms in total. The van der Waals surface area contributed by atoms with E-state index in [0.717, 1.165) is 29.7 Å². The van der Waals surface area contributed by atoms with Crippen LogP contribution in [-0.2, 0) is 4.74 Å². The van der Waals surface area contributed by atoms with E-state index in [4.69, 9.17) is 16.3 Å². The summed E-state index contributed by atoms with van der Waals surface area (Å²) in [7, 11) is 1.69. The molecule has 2 rings (SSSR count). The van der Waals surface area contributed by atoms with Crippen molar-refractivity contribution in [3.8, 4) is 0 Å². The van der Waals surface area contributed by atoms with Crippen LogP contribution < -0.4 is 5.32 Å². The number of aromatic amines is 1. The molecule has 0 saturated heterocycles. The molecule has 0 radical (unpaired) electrons. The molecule has 1 aromatic carbocycles. The standard InChI is InChI=1S/C12H16ClN3O/c1-3-14-7-10(17-2)12-8-5-4-6-9(13)11(8)15-16-12/h4-6,10,14H,3,7H2,1-2H3,(H,15,16). The predicted octanol–water partition coefficient (Wildman–Crippen LogP) is 2.51. The van der Waals surface area contributed by atoms with Crippen molar-refractivity contribution in [3.63, 3.8) is 0 Å². The van der Waals surface area contributed by atoms with Gasteiger partial charge >= 0.3 is 0 Å². The minimum Gasteiger partial charge on any atom is -0.374 e. The number of nitrogens with one attached hydrogen (secondary N) is 2. The lowest BCUT2D eigenvalue weighted by Gasteiger charge is -2.14. The summed E-state index contributed by atoms with van der Waals surface area (Å²) >= 11 is 6.08. The number of aromatic nitrogens is 2. The quantitative estimate of drug-likeness (QED) is 0.861. The molecule has 1 heterocycles. The average Bonchev–Trinajstić information content (AvgIpc) is 2.76. The Bertz CT molecular complexity index is 497. The van der Waals surface area contributed by atoms with E-state index < -0.39 is 0 Å². The molecule has 2 N–H and O–H groups in total. The highest BCUT2D eigenvalue weighted by atomic mass is 35.5. The van der Waals surface area contributed by atoms with Crippen LogP contribution in [-0.4, -0.2) is 30.4 Å². The van der Waals surface area contributed by atoms with Gasteiger partial charge in [-0.05, 0) is 12.6 Å². The van der Waals surface area contributed by atoms with Crippen molar-refractivity contribution < 1.29 is 4.74 Å². The summed E-state index contributed by atoms with van der Waals surface area (Å²) in [6.07, 6.45) is -0.0431. The molecule has 0 fully saturated rings. The van der Waals surface area contributed by atoms with E-state index in [1.807, 2.05) is 18.2 Å². The number of nitrogens with zero attached hydrogens (tertiary/aromatic N) is 1. The zero-order chi connectivity index (χ0) is 12.3. The molecule has 0 saturated carbocycles. The van der Waals surface area contributed by atoms with Crippen molar-refractivity contribution in [3.05, 3.63) is 28.9 Å². The molecular weight excluding hydrogens is 238 g/mol. The number of fused-ring (bicyclic) bond motifs is 1. The van der Waals surface area contributed by atoms with Gasteiger partial charge in [-0.15, -0.1) is 0 Å². The minimum absolute atomic E-state index is 0.0431. The van der Waals surface area contributed by atoms with Gasteiger partial charge in [-0.2, -0.15) is 5.10 Å². The van der Waals surface area contributed by atoms with Crippen LogP contribution in [0.3, 0.4) is 0 Å². The van der Waals surface area contributed by atoms with Crippen molar-refractivity contribution in [2.24, 2.45) is 0 Å². The van der Waals surface area contributed by atoms with E-state index in [2.05, 4.69) is 22.4 Å². The number of para-hydroxylation sites is 1. The van der Waals surface area contributed by atoms with Crippen LogP contribution in [0, 0.1) is 0 Å². The van der Waals surface area contributed by atoms with Gasteiger partial charge in [0.05, 0.1) is 10.7 Å². The predicted molar refractivity (Wildman–Crippen MR) is 69.4 cm³/mol. The summed E-state index contributed by atoms with van der Waals surface area (Å²) in [6, 6.07) is 5.75. The second-order valence-electron chi connectivity index (χ2n) is 3.81. The molecular formula is C12H16ClN3O. The molecule has 1 aromatic heterocycles. The molecule has 0 aliphatic rings. The van der Waals surface area contributed by atoms with Gasteiger partial charge in [-0.1, -0.05) is 30.7 Å². The van der Waals surface area contributed by atoms with E-state index in [1.165, 1.54) is 0 Å². The fraction of sp³-hybridized carbons (Fsp3) is 0.417. The lowest BCUT2D eigenvalue weighted by molar-refractivity contribution is 0.100. The molecule has 17 heavy (non-hydrogen) atoms. The molecule has 0 bridgehead atoms. The van der Waals surface area contributed by atoms with Crippen molar-refractivity contribution in [1.29, 1.82) is 0 Å². The number of H-pyrrole nitrogens is 1. The van der Waals surface area contributed by atoms with Crippen LogP contribution >= 0.6 is 11.6 Å². The smallest absolute Gasteiger partial charge is 0.111 e. The first-order valence-electron chi connectivity index (χ1n) is 5.64. The summed E-state index contributed by atoms with van der Waals surface area (Å²) in [5.74, 6) is 0. The van der Waals surface area contributed by atoms with Gasteiger partial charge in [0.15, 0.2) is 0 Å². The van der Waals surface area contributed by atoms with Gasteiger partial charge in [0, 0.05) is 19.0 Å². The van der Waals surface area contributed by atoms with Crippen molar-refractivity contribution >= 4 is 22.5 Å². The van der Waals surface area contributed by atoms with E-state index in [1.54, 1.807) is 7.11 Å². The second-order valence-corrected chi connectivity index (χ2v) is 4.21. The molecule has 1 atom stereocenters. The summed E-state index contributed by atoms with van der Waals surface area (Å²) < 4.78 is 5.47. The number of rotatable bonds is 5. The van der Waals surface area contributed by atoms with Crippen LogP contribution in [0.15, 0.2) is 18.2 Å². The number of hydrogen-bond acceptors (Lipinski definition) is 3. The number of ether oxygens (including phenoxy) is 1. The highest BCUT2D eigenvalue weighted by molar-refractivity contribution is 6.35. The highest BCUT2D eigenvalue weighted by Gasteiger charge is 2.16. The Hall–Kier alpha value is -1.10. The van der Waals surface area contributed by atoms with Gasteiger partial charge in [-0.3, -0.25) is 5.10 Å². The third-order valence-electron chi connectivity index (χ3n) is 2.75. The maximum atomic E-state index is 6.08.